The van der Waals surface area contributed by atoms with Crippen LogP contribution in [0, 0.1) is 11.8 Å². The zero-order valence-electron chi connectivity index (χ0n) is 60.1. The van der Waals surface area contributed by atoms with Crippen LogP contribution in [-0.2, 0) is 79.6 Å². The molecule has 2 unspecified atom stereocenters. The number of ether oxygens (including phenoxy) is 2. The van der Waals surface area contributed by atoms with E-state index in [9.17, 15) is 59.9 Å². The van der Waals surface area contributed by atoms with Crippen molar-refractivity contribution in [2.75, 3.05) is 102 Å². The number of alkyl halides is 6. The van der Waals surface area contributed by atoms with Crippen molar-refractivity contribution in [3.05, 3.63) is 34.3 Å². The molecule has 12 amide bonds. The average molecular weight is 1470 g/mol. The third kappa shape index (κ3) is 19.9. The normalized spacial score (nSPS) is 27.6. The van der Waals surface area contributed by atoms with Gasteiger partial charge in [0.1, 0.15) is 47.8 Å². The summed E-state index contributed by atoms with van der Waals surface area (Å²) in [6.45, 7) is 2.67. The smallest absolute Gasteiger partial charge is 0.379 e. The Morgan fingerprint density at radius 2 is 1.29 bits per heavy atom. The van der Waals surface area contributed by atoms with E-state index in [1.54, 1.807) is 13.8 Å². The molecule has 4 aliphatic heterocycles. The Bertz CT molecular complexity index is 3210. The lowest BCUT2D eigenvalue weighted by Gasteiger charge is -2.44. The summed E-state index contributed by atoms with van der Waals surface area (Å²) in [5.41, 5.74) is -2.55. The molecule has 6 fully saturated rings. The van der Waals surface area contributed by atoms with E-state index in [0.717, 1.165) is 50.1 Å². The van der Waals surface area contributed by atoms with E-state index < -0.39 is 205 Å². The van der Waals surface area contributed by atoms with Gasteiger partial charge in [0, 0.05) is 62.5 Å². The molecule has 4 heterocycles. The highest BCUT2D eigenvalue weighted by Gasteiger charge is 2.53. The Labute approximate surface area is 596 Å². The molecule has 1 aromatic carbocycles. The second-order valence-corrected chi connectivity index (χ2v) is 28.9. The summed E-state index contributed by atoms with van der Waals surface area (Å²) < 4.78 is 97.6. The lowest BCUT2D eigenvalue weighted by molar-refractivity contribution is -0.164. The van der Waals surface area contributed by atoms with Crippen molar-refractivity contribution in [2.45, 2.75) is 215 Å². The molecule has 1 spiro atoms. The van der Waals surface area contributed by atoms with Gasteiger partial charge in [-0.2, -0.15) is 26.3 Å². The van der Waals surface area contributed by atoms with Crippen LogP contribution in [-0.4, -0.2) is 283 Å². The van der Waals surface area contributed by atoms with E-state index in [1.807, 2.05) is 0 Å². The van der Waals surface area contributed by atoms with Gasteiger partial charge in [0.05, 0.1) is 75.0 Å². The SMILES string of the molecule is CCCOC[C@H]1C(=O)N(C)CC(=O)N[C@@H](CCc2ccc(C(F)(F)F)c(Cl)c2)C(=O)N2CCC[C@H]2C(=O)NC2(CCCC2)C(=O)N(C)[C@@H](C2CCCCC2)C(=O)N(C)[C@H](C(=O)N2C3CCC2COC3)CC(=O)N(C)[C@@H](CC(F)(F)F)C(=O)N[C@@H]([C@@H](C)CC)C(=O)N(C)CC(=O)N(C)CC(=O)N1C. The monoisotopic (exact) mass is 1470 g/mol. The summed E-state index contributed by atoms with van der Waals surface area (Å²) in [6.07, 6.45) is -7.32. The number of hydrogen-bond donors (Lipinski definition) is 3. The third-order valence-electron chi connectivity index (χ3n) is 21.3. The molecule has 1 aromatic rings. The first-order valence-electron chi connectivity index (χ1n) is 35.4. The van der Waals surface area contributed by atoms with Gasteiger partial charge in [0.2, 0.25) is 70.9 Å². The topological polar surface area (TPSA) is 289 Å². The Morgan fingerprint density at radius 3 is 1.89 bits per heavy atom. The molecule has 2 aliphatic carbocycles. The van der Waals surface area contributed by atoms with Crippen LogP contribution in [0.1, 0.15) is 147 Å². The van der Waals surface area contributed by atoms with Gasteiger partial charge in [-0.1, -0.05) is 77.0 Å². The van der Waals surface area contributed by atoms with Crippen LogP contribution >= 0.6 is 11.6 Å². The van der Waals surface area contributed by atoms with Gasteiger partial charge in [0.15, 0.2) is 0 Å². The molecule has 3 N–H and O–H groups in total. The maximum Gasteiger partial charge on any atom is 0.417 e. The molecular weight excluding hydrogens is 1370 g/mol. The fraction of sp³-hybridized carbons (Fsp3) is 0.739. The minimum atomic E-state index is -5.12. The molecule has 2 saturated carbocycles. The molecule has 570 valence electrons. The van der Waals surface area contributed by atoms with E-state index >= 15 is 24.0 Å². The van der Waals surface area contributed by atoms with E-state index in [4.69, 9.17) is 21.1 Å². The molecule has 6 aliphatic rings. The summed E-state index contributed by atoms with van der Waals surface area (Å²) >= 11 is 6.12. The lowest BCUT2D eigenvalue weighted by Crippen LogP contribution is -2.65. The first-order valence-corrected chi connectivity index (χ1v) is 35.7. The van der Waals surface area contributed by atoms with E-state index in [0.29, 0.717) is 62.7 Å². The first kappa shape index (κ1) is 81.9. The molecule has 102 heavy (non-hydrogen) atoms. The van der Waals surface area contributed by atoms with Gasteiger partial charge in [-0.15, -0.1) is 0 Å². The number of morpholine rings is 1. The van der Waals surface area contributed by atoms with Crippen LogP contribution in [0.5, 0.6) is 0 Å². The predicted octanol–water partition coefficient (Wildman–Crippen LogP) is 4.16. The zero-order valence-corrected chi connectivity index (χ0v) is 60.8. The largest absolute Gasteiger partial charge is 0.417 e. The number of halogens is 7. The minimum absolute atomic E-state index is 0.0341. The van der Waals surface area contributed by atoms with E-state index in [-0.39, 0.29) is 76.9 Å². The van der Waals surface area contributed by atoms with E-state index in [2.05, 4.69) is 16.0 Å². The second kappa shape index (κ2) is 35.4. The van der Waals surface area contributed by atoms with Crippen molar-refractivity contribution < 1.29 is 93.4 Å². The van der Waals surface area contributed by atoms with Crippen LogP contribution in [0.15, 0.2) is 18.2 Å². The summed E-state index contributed by atoms with van der Waals surface area (Å²) in [7, 11) is 8.53. The fourth-order valence-corrected chi connectivity index (χ4v) is 15.3. The van der Waals surface area contributed by atoms with Gasteiger partial charge in [-0.05, 0) is 100 Å². The van der Waals surface area contributed by atoms with Crippen molar-refractivity contribution in [1.82, 2.24) is 60.0 Å². The molecule has 2 bridgehead atoms. The maximum atomic E-state index is 15.8. The van der Waals surface area contributed by atoms with Gasteiger partial charge in [-0.25, -0.2) is 0 Å². The molecule has 33 heteroatoms. The number of carbonyl (C=O) groups is 12. The lowest BCUT2D eigenvalue weighted by atomic mass is 9.81. The Hall–Kier alpha value is -7.35. The minimum Gasteiger partial charge on any atom is -0.379 e. The number of fused-ring (bicyclic) bond motifs is 3. The van der Waals surface area contributed by atoms with Crippen LogP contribution in [0.3, 0.4) is 0 Å². The molecule has 26 nitrogen and oxygen atoms in total. The molecule has 7 rings (SSSR count). The van der Waals surface area contributed by atoms with Crippen molar-refractivity contribution in [1.29, 1.82) is 0 Å². The molecular formula is C69H101ClF6N12O14. The molecule has 0 radical (unpaired) electrons. The number of carbonyl (C=O) groups excluding carboxylic acids is 12. The van der Waals surface area contributed by atoms with E-state index in [1.165, 1.54) is 70.0 Å². The molecule has 4 saturated heterocycles. The number of aryl methyl sites for hydroxylation is 1. The highest BCUT2D eigenvalue weighted by molar-refractivity contribution is 6.31. The number of rotatable bonds is 12. The number of nitrogens with one attached hydrogen (secondary N) is 3. The highest BCUT2D eigenvalue weighted by Crippen LogP contribution is 2.39. The summed E-state index contributed by atoms with van der Waals surface area (Å²) in [5, 5.41) is 7.46. The van der Waals surface area contributed by atoms with Crippen molar-refractivity contribution in [3.8, 4) is 0 Å². The number of nitrogens with zero attached hydrogens (tertiary/aromatic N) is 9. The van der Waals surface area contributed by atoms with Crippen molar-refractivity contribution in [3.63, 3.8) is 0 Å². The number of likely N-dealkylation sites (N-methyl/N-ethyl adjacent to an activating group) is 7. The summed E-state index contributed by atoms with van der Waals surface area (Å²) in [5.74, 6) is -12.1. The Morgan fingerprint density at radius 1 is 0.676 bits per heavy atom. The average Bonchev–Trinajstić information content (AvgIpc) is 1.40. The van der Waals surface area contributed by atoms with Crippen LogP contribution < -0.4 is 16.0 Å². The Kier molecular flexibility index (Phi) is 28.5. The predicted molar refractivity (Wildman–Crippen MR) is 359 cm³/mol. The highest BCUT2D eigenvalue weighted by atomic mass is 35.5. The maximum absolute atomic E-state index is 15.8. The number of benzene rings is 1. The number of hydrogen-bond acceptors (Lipinski definition) is 14. The van der Waals surface area contributed by atoms with Crippen LogP contribution in [0.4, 0.5) is 26.3 Å². The van der Waals surface area contributed by atoms with Crippen LogP contribution in [0.2, 0.25) is 5.02 Å². The standard InChI is InChI=1S/C69H101ClF6N12O14/c1-11-31-101-40-52-62(96)81(5)35-53(89)77-48(27-23-42-22-26-46(47(70)32-42)69(74,75)76)61(95)87-30-18-21-49(87)60(94)79-67(28-16-17-29-67)66(100)86(10)58(43-19-14-13-15-20-43)65(99)85(9)50(63(97)88-44-24-25-45(88)39-102-38-44)33-54(90)83(7)51(34-68(71,72)73)59(93)78-57(41(3)12-2)64(98)82(6)36-55(91)80(4)37-56(92)84(52)8/h22,26,32,41,43-45,48-52,57-58H,11-21,23-25,27-31,33-40H2,1-10H3,(H,77,89)(H,78,93)(H,79,94)/t41-,44?,45?,48-,49-,50-,51-,52-,57-,58-/m0/s1. The summed E-state index contributed by atoms with van der Waals surface area (Å²) in [4.78, 5) is 187. The van der Waals surface area contributed by atoms with Crippen molar-refractivity contribution in [2.24, 2.45) is 11.8 Å². The van der Waals surface area contributed by atoms with Gasteiger partial charge < -0.3 is 69.5 Å². The molecule has 0 aromatic heterocycles. The van der Waals surface area contributed by atoms with Gasteiger partial charge >= 0.3 is 12.4 Å². The Balaban J connectivity index is 1.30. The third-order valence-corrected chi connectivity index (χ3v) is 21.6. The molecule has 10 atom stereocenters. The summed E-state index contributed by atoms with van der Waals surface area (Å²) in [6, 6.07) is -9.27. The van der Waals surface area contributed by atoms with Gasteiger partial charge in [0.25, 0.3) is 0 Å². The fourth-order valence-electron chi connectivity index (χ4n) is 14.9. The van der Waals surface area contributed by atoms with Crippen LogP contribution in [0.25, 0.3) is 0 Å². The van der Waals surface area contributed by atoms with Gasteiger partial charge in [-0.3, -0.25) is 57.5 Å². The van der Waals surface area contributed by atoms with Crippen molar-refractivity contribution >= 4 is 82.5 Å². The quantitative estimate of drug-likeness (QED) is 0.196. The zero-order chi connectivity index (χ0) is 75.5. The first-order chi connectivity index (χ1) is 47.9. The second-order valence-electron chi connectivity index (χ2n) is 28.5. The number of amides is 12.